The molecular formula is C24H39N3O4S. The van der Waals surface area contributed by atoms with Gasteiger partial charge in [-0.1, -0.05) is 38.7 Å². The summed E-state index contributed by atoms with van der Waals surface area (Å²) in [5.74, 6) is -0.0783. The quantitative estimate of drug-likeness (QED) is 0.470. The second kappa shape index (κ2) is 12.7. The zero-order valence-corrected chi connectivity index (χ0v) is 20.3. The normalized spacial score (nSPS) is 18.5. The lowest BCUT2D eigenvalue weighted by Gasteiger charge is -2.30. The Kier molecular flexibility index (Phi) is 9.96. The number of unbranched alkanes of at least 4 members (excludes halogenated alkanes) is 3. The van der Waals surface area contributed by atoms with Crippen molar-refractivity contribution in [3.8, 4) is 0 Å². The molecule has 2 fully saturated rings. The number of rotatable bonds is 11. The molecule has 0 atom stereocenters. The number of amides is 1. The van der Waals surface area contributed by atoms with Crippen molar-refractivity contribution < 1.29 is 17.9 Å². The van der Waals surface area contributed by atoms with Gasteiger partial charge in [0, 0.05) is 51.4 Å². The number of piperidine rings is 1. The topological polar surface area (TPSA) is 70.2 Å². The van der Waals surface area contributed by atoms with E-state index in [1.165, 1.54) is 0 Å². The van der Waals surface area contributed by atoms with Gasteiger partial charge in [0.2, 0.25) is 10.0 Å². The van der Waals surface area contributed by atoms with Gasteiger partial charge in [-0.05, 0) is 37.5 Å². The summed E-state index contributed by atoms with van der Waals surface area (Å²) >= 11 is 0. The average molecular weight is 466 g/mol. The molecule has 0 saturated carbocycles. The molecule has 0 aromatic heterocycles. The number of nitrogens with zero attached hydrogens (tertiary/aromatic N) is 3. The molecule has 1 aromatic carbocycles. The van der Waals surface area contributed by atoms with Crippen molar-refractivity contribution in [1.29, 1.82) is 0 Å². The highest BCUT2D eigenvalue weighted by atomic mass is 32.2. The fourth-order valence-electron chi connectivity index (χ4n) is 4.36. The van der Waals surface area contributed by atoms with E-state index in [4.69, 9.17) is 4.74 Å². The van der Waals surface area contributed by atoms with Gasteiger partial charge in [0.25, 0.3) is 5.91 Å². The van der Waals surface area contributed by atoms with Crippen LogP contribution in [0.2, 0.25) is 0 Å². The first-order chi connectivity index (χ1) is 15.5. The average Bonchev–Trinajstić information content (AvgIpc) is 2.84. The number of carbonyl (C=O) groups excluding carboxylic acids is 1. The zero-order valence-electron chi connectivity index (χ0n) is 19.5. The smallest absolute Gasteiger partial charge is 0.253 e. The fourth-order valence-corrected chi connectivity index (χ4v) is 5.92. The third kappa shape index (κ3) is 7.01. The molecule has 7 nitrogen and oxygen atoms in total. The second-order valence-electron chi connectivity index (χ2n) is 8.80. The summed E-state index contributed by atoms with van der Waals surface area (Å²) in [5, 5.41) is 0. The van der Waals surface area contributed by atoms with E-state index in [2.05, 4.69) is 11.8 Å². The summed E-state index contributed by atoms with van der Waals surface area (Å²) in [6.45, 7) is 8.71. The summed E-state index contributed by atoms with van der Waals surface area (Å²) in [6.07, 6.45) is 7.24. The predicted molar refractivity (Wildman–Crippen MR) is 126 cm³/mol. The number of ether oxygens (including phenoxy) is 1. The Labute approximate surface area is 193 Å². The molecule has 2 heterocycles. The van der Waals surface area contributed by atoms with Gasteiger partial charge in [0.15, 0.2) is 0 Å². The van der Waals surface area contributed by atoms with Crippen LogP contribution < -0.4 is 0 Å². The van der Waals surface area contributed by atoms with E-state index in [9.17, 15) is 13.2 Å². The lowest BCUT2D eigenvalue weighted by Crippen LogP contribution is -2.43. The molecule has 180 valence electrons. The van der Waals surface area contributed by atoms with Crippen molar-refractivity contribution in [3.05, 3.63) is 29.8 Å². The second-order valence-corrected chi connectivity index (χ2v) is 10.7. The number of benzene rings is 1. The Morgan fingerprint density at radius 2 is 1.75 bits per heavy atom. The van der Waals surface area contributed by atoms with Gasteiger partial charge in [-0.2, -0.15) is 4.31 Å². The summed E-state index contributed by atoms with van der Waals surface area (Å²) in [5.41, 5.74) is 0.459. The lowest BCUT2D eigenvalue weighted by molar-refractivity contribution is 0.0324. The molecule has 0 radical (unpaired) electrons. The molecule has 32 heavy (non-hydrogen) atoms. The van der Waals surface area contributed by atoms with Crippen molar-refractivity contribution in [2.75, 3.05) is 59.0 Å². The third-order valence-electron chi connectivity index (χ3n) is 6.39. The first kappa shape index (κ1) is 25.1. The van der Waals surface area contributed by atoms with Gasteiger partial charge in [0.1, 0.15) is 0 Å². The highest BCUT2D eigenvalue weighted by Crippen LogP contribution is 2.22. The van der Waals surface area contributed by atoms with Crippen LogP contribution in [0.15, 0.2) is 29.2 Å². The van der Waals surface area contributed by atoms with E-state index in [1.54, 1.807) is 28.6 Å². The van der Waals surface area contributed by atoms with Gasteiger partial charge < -0.3 is 9.64 Å². The highest BCUT2D eigenvalue weighted by molar-refractivity contribution is 7.89. The minimum absolute atomic E-state index is 0.0783. The molecule has 8 heteroatoms. The van der Waals surface area contributed by atoms with E-state index in [-0.39, 0.29) is 10.8 Å². The SMILES string of the molecule is CCCCCCN(CCN1CCOCC1)C(=O)c1cccc(S(=O)(=O)N2CCCCC2)c1. The Morgan fingerprint density at radius 1 is 1.00 bits per heavy atom. The van der Waals surface area contributed by atoms with E-state index in [0.29, 0.717) is 31.7 Å². The Bertz CT molecular complexity index is 818. The minimum Gasteiger partial charge on any atom is -0.379 e. The van der Waals surface area contributed by atoms with Gasteiger partial charge >= 0.3 is 0 Å². The lowest BCUT2D eigenvalue weighted by atomic mass is 10.1. The van der Waals surface area contributed by atoms with E-state index < -0.39 is 10.0 Å². The first-order valence-corrected chi connectivity index (χ1v) is 13.7. The molecule has 1 aromatic rings. The third-order valence-corrected chi connectivity index (χ3v) is 8.29. The van der Waals surface area contributed by atoms with Crippen molar-refractivity contribution in [2.24, 2.45) is 0 Å². The number of sulfonamides is 1. The molecule has 2 aliphatic heterocycles. The van der Waals surface area contributed by atoms with Gasteiger partial charge in [-0.25, -0.2) is 8.42 Å². The summed E-state index contributed by atoms with van der Waals surface area (Å²) in [7, 11) is -3.56. The van der Waals surface area contributed by atoms with E-state index in [0.717, 1.165) is 77.8 Å². The van der Waals surface area contributed by atoms with Crippen LogP contribution in [0.25, 0.3) is 0 Å². The molecule has 2 aliphatic rings. The van der Waals surface area contributed by atoms with Crippen molar-refractivity contribution in [2.45, 2.75) is 56.8 Å². The number of carbonyl (C=O) groups is 1. The van der Waals surface area contributed by atoms with E-state index in [1.807, 2.05) is 4.90 Å². The van der Waals surface area contributed by atoms with Gasteiger partial charge in [0.05, 0.1) is 18.1 Å². The Hall–Kier alpha value is -1.48. The molecule has 1 amide bonds. The first-order valence-electron chi connectivity index (χ1n) is 12.2. The van der Waals surface area contributed by atoms with Crippen LogP contribution in [0.5, 0.6) is 0 Å². The minimum atomic E-state index is -3.56. The standard InChI is InChI=1S/C24H39N3O4S/c1-2-3-4-6-12-26(16-15-25-17-19-31-20-18-25)24(28)22-10-9-11-23(21-22)32(29,30)27-13-7-5-8-14-27/h9-11,21H,2-8,12-20H2,1H3. The summed E-state index contributed by atoms with van der Waals surface area (Å²) in [6, 6.07) is 6.62. The molecule has 0 N–H and O–H groups in total. The molecular weight excluding hydrogens is 426 g/mol. The maximum atomic E-state index is 13.4. The summed E-state index contributed by atoms with van der Waals surface area (Å²) in [4.78, 5) is 17.9. The predicted octanol–water partition coefficient (Wildman–Crippen LogP) is 3.22. The van der Waals surface area contributed by atoms with Crippen LogP contribution in [-0.2, 0) is 14.8 Å². The van der Waals surface area contributed by atoms with Crippen LogP contribution in [0, 0.1) is 0 Å². The van der Waals surface area contributed by atoms with Crippen molar-refractivity contribution in [1.82, 2.24) is 14.1 Å². The molecule has 2 saturated heterocycles. The monoisotopic (exact) mass is 465 g/mol. The maximum Gasteiger partial charge on any atom is 0.253 e. The van der Waals surface area contributed by atoms with E-state index >= 15 is 0 Å². The summed E-state index contributed by atoms with van der Waals surface area (Å²) < 4.78 is 33.2. The van der Waals surface area contributed by atoms with Crippen LogP contribution in [0.3, 0.4) is 0 Å². The maximum absolute atomic E-state index is 13.4. The Balaban J connectivity index is 1.71. The van der Waals surface area contributed by atoms with Crippen molar-refractivity contribution in [3.63, 3.8) is 0 Å². The molecule has 0 bridgehead atoms. The van der Waals surface area contributed by atoms with Crippen LogP contribution in [0.4, 0.5) is 0 Å². The number of morpholine rings is 1. The molecule has 0 spiro atoms. The van der Waals surface area contributed by atoms with Gasteiger partial charge in [-0.15, -0.1) is 0 Å². The molecule has 0 unspecified atom stereocenters. The van der Waals surface area contributed by atoms with Crippen LogP contribution in [0.1, 0.15) is 62.2 Å². The van der Waals surface area contributed by atoms with Gasteiger partial charge in [-0.3, -0.25) is 9.69 Å². The van der Waals surface area contributed by atoms with Crippen molar-refractivity contribution >= 4 is 15.9 Å². The van der Waals surface area contributed by atoms with Crippen LogP contribution >= 0.6 is 0 Å². The number of hydrogen-bond acceptors (Lipinski definition) is 5. The molecule has 0 aliphatic carbocycles. The number of hydrogen-bond donors (Lipinski definition) is 0. The van der Waals surface area contributed by atoms with Crippen LogP contribution in [-0.4, -0.2) is 87.5 Å². The highest BCUT2D eigenvalue weighted by Gasteiger charge is 2.27. The largest absolute Gasteiger partial charge is 0.379 e. The Morgan fingerprint density at radius 3 is 2.47 bits per heavy atom. The zero-order chi connectivity index (χ0) is 22.8. The molecule has 3 rings (SSSR count). The fraction of sp³-hybridized carbons (Fsp3) is 0.708.